The first kappa shape index (κ1) is 45.5. The molecule has 0 bridgehead atoms. The van der Waals surface area contributed by atoms with E-state index in [0.29, 0.717) is 0 Å². The molecule has 0 saturated carbocycles. The molecule has 0 N–H and O–H groups in total. The molecule has 0 radical (unpaired) electrons. The lowest BCUT2D eigenvalue weighted by molar-refractivity contribution is -0.929. The number of hydrogen-bond donors (Lipinski definition) is 0. The average Bonchev–Trinajstić information content (AvgIpc) is 2.95. The predicted molar refractivity (Wildman–Crippen MR) is 178 cm³/mol. The zero-order chi connectivity index (χ0) is 31.9. The number of unbranched alkanes of at least 4 members (excludes halogenated alkanes) is 8. The van der Waals surface area contributed by atoms with Crippen molar-refractivity contribution in [2.45, 2.75) is 165 Å². The maximum Gasteiger partial charge on any atom is 0.0786 e. The molecule has 41 heavy (non-hydrogen) atoms. The van der Waals surface area contributed by atoms with Crippen LogP contribution in [0.25, 0.3) is 0 Å². The Balaban J connectivity index is -0.000000574. The molecule has 0 aromatic heterocycles. The van der Waals surface area contributed by atoms with Gasteiger partial charge in [0.15, 0.2) is 0 Å². The van der Waals surface area contributed by atoms with Gasteiger partial charge in [0.05, 0.1) is 60.2 Å². The van der Waals surface area contributed by atoms with E-state index in [1.807, 2.05) is 0 Å². The summed E-state index contributed by atoms with van der Waals surface area (Å²) in [5.41, 5.74) is 0. The van der Waals surface area contributed by atoms with E-state index >= 15 is 0 Å². The van der Waals surface area contributed by atoms with Crippen LogP contribution < -0.4 is 9.79 Å². The van der Waals surface area contributed by atoms with Gasteiger partial charge in [0.1, 0.15) is 0 Å². The highest BCUT2D eigenvalue weighted by Gasteiger charge is 2.25. The quantitative estimate of drug-likeness (QED) is 0.0554. The molecule has 252 valence electrons. The van der Waals surface area contributed by atoms with Crippen LogP contribution in [0.15, 0.2) is 0 Å². The molecular weight excluding hydrogens is 537 g/mol. The monoisotopic (exact) mass is 615 g/mol. The Morgan fingerprint density at radius 3 is 0.659 bits per heavy atom. The number of quaternary nitrogens is 2. The highest BCUT2D eigenvalue weighted by Crippen LogP contribution is 2.23. The van der Waals surface area contributed by atoms with Gasteiger partial charge in [0, 0.05) is 6.61 Å². The Labute approximate surface area is 259 Å². The van der Waals surface area contributed by atoms with Crippen molar-refractivity contribution in [2.24, 2.45) is 0 Å². The molecule has 0 amide bonds. The van der Waals surface area contributed by atoms with Crippen LogP contribution in [0.5, 0.6) is 0 Å². The van der Waals surface area contributed by atoms with Gasteiger partial charge in [-0.1, -0.05) is 107 Å². The van der Waals surface area contributed by atoms with Crippen molar-refractivity contribution in [1.29, 1.82) is 0 Å². The average molecular weight is 615 g/mol. The minimum absolute atomic E-state index is 0.0791. The fourth-order valence-corrected chi connectivity index (χ4v) is 5.76. The van der Waals surface area contributed by atoms with Crippen LogP contribution in [0, 0.1) is 0 Å². The van der Waals surface area contributed by atoms with Crippen LogP contribution in [0.2, 0.25) is 0 Å². The molecule has 6 nitrogen and oxygen atoms in total. The van der Waals surface area contributed by atoms with Gasteiger partial charge in [-0.15, -0.1) is 0 Å². The van der Waals surface area contributed by atoms with Crippen molar-refractivity contribution in [3.05, 3.63) is 0 Å². The predicted octanol–water partition coefficient (Wildman–Crippen LogP) is 8.86. The van der Waals surface area contributed by atoms with Gasteiger partial charge in [-0.05, 0) is 58.3 Å². The summed E-state index contributed by atoms with van der Waals surface area (Å²) in [6.07, 6.45) is 22.1. The van der Waals surface area contributed by atoms with Gasteiger partial charge in [0.25, 0.3) is 0 Å². The SMILES string of the molecule is CCCC[N+](CCCC)(CCCC)CCCC.CCCC[N+](CCCC)(CCCC)CCCC.CCOP(=[18O])([18O-])[18O-]. The summed E-state index contributed by atoms with van der Waals surface area (Å²) in [5, 5.41) is 0. The van der Waals surface area contributed by atoms with Crippen LogP contribution in [0.4, 0.5) is 0 Å². The van der Waals surface area contributed by atoms with Gasteiger partial charge >= 0.3 is 0 Å². The van der Waals surface area contributed by atoms with E-state index in [0.717, 1.165) is 0 Å². The van der Waals surface area contributed by atoms with Crippen LogP contribution in [-0.4, -0.2) is 67.9 Å². The highest BCUT2D eigenvalue weighted by molar-refractivity contribution is 7.43. The van der Waals surface area contributed by atoms with E-state index in [9.17, 15) is 14.4 Å². The second-order valence-electron chi connectivity index (χ2n) is 12.2. The summed E-state index contributed by atoms with van der Waals surface area (Å²) in [6.45, 7) is 31.4. The van der Waals surface area contributed by atoms with Gasteiger partial charge in [-0.3, -0.25) is 0 Å². The molecule has 0 fully saturated rings. The van der Waals surface area contributed by atoms with Crippen LogP contribution in [0.1, 0.15) is 165 Å². The van der Waals surface area contributed by atoms with Crippen molar-refractivity contribution in [3.63, 3.8) is 0 Å². The number of hydrogen-bond acceptors (Lipinski definition) is 4. The van der Waals surface area contributed by atoms with Crippen LogP contribution in [0.3, 0.4) is 0 Å². The first-order valence-corrected chi connectivity index (χ1v) is 19.4. The van der Waals surface area contributed by atoms with E-state index in [4.69, 9.17) is 0 Å². The van der Waals surface area contributed by atoms with E-state index < -0.39 is 7.82 Å². The summed E-state index contributed by atoms with van der Waals surface area (Å²) in [7, 11) is -4.67. The van der Waals surface area contributed by atoms with Crippen molar-refractivity contribution in [3.8, 4) is 0 Å². The summed E-state index contributed by atoms with van der Waals surface area (Å²) in [5.74, 6) is 0. The summed E-state index contributed by atoms with van der Waals surface area (Å²) in [4.78, 5) is 19.0. The highest BCUT2D eigenvalue weighted by atomic mass is 31.2. The number of rotatable bonds is 26. The first-order chi connectivity index (χ1) is 19.5. The third-order valence-corrected chi connectivity index (χ3v) is 8.75. The summed E-state index contributed by atoms with van der Waals surface area (Å²) < 4.78 is 16.0. The molecule has 7 heteroatoms. The minimum Gasteiger partial charge on any atom is -0.790 e. The van der Waals surface area contributed by atoms with Crippen molar-refractivity contribution >= 4 is 7.82 Å². The second-order valence-corrected chi connectivity index (χ2v) is 13.3. The fourth-order valence-electron chi connectivity index (χ4n) is 5.45. The van der Waals surface area contributed by atoms with Gasteiger partial charge < -0.3 is 27.8 Å². The molecule has 0 saturated heterocycles. The van der Waals surface area contributed by atoms with Gasteiger partial charge in [-0.25, -0.2) is 0 Å². The summed E-state index contributed by atoms with van der Waals surface area (Å²) >= 11 is 0. The second kappa shape index (κ2) is 31.5. The molecule has 0 aromatic carbocycles. The smallest absolute Gasteiger partial charge is 0.0786 e. The lowest BCUT2D eigenvalue weighted by Crippen LogP contribution is -2.50. The molecule has 0 aromatic rings. The van der Waals surface area contributed by atoms with Crippen LogP contribution in [-0.2, 0) is 9.09 Å². The van der Waals surface area contributed by atoms with Gasteiger partial charge in [-0.2, -0.15) is 0 Å². The molecular formula is C34H77N2O4P. The Bertz CT molecular complexity index is 446. The third kappa shape index (κ3) is 29.9. The van der Waals surface area contributed by atoms with E-state index in [1.165, 1.54) is 171 Å². The van der Waals surface area contributed by atoms with Crippen molar-refractivity contribution in [1.82, 2.24) is 0 Å². The largest absolute Gasteiger partial charge is 0.790 e. The lowest BCUT2D eigenvalue weighted by atomic mass is 10.1. The van der Waals surface area contributed by atoms with E-state index in [-0.39, 0.29) is 6.61 Å². The number of phosphoric ester groups is 1. The molecule has 0 atom stereocenters. The Kier molecular flexibility index (Phi) is 34.9. The Morgan fingerprint density at radius 2 is 0.585 bits per heavy atom. The molecule has 0 aliphatic heterocycles. The zero-order valence-corrected chi connectivity index (χ0v) is 30.5. The van der Waals surface area contributed by atoms with E-state index in [1.54, 1.807) is 0 Å². The Hall–Kier alpha value is 0.0300. The minimum atomic E-state index is -4.67. The fraction of sp³-hybridized carbons (Fsp3) is 1.00. The summed E-state index contributed by atoms with van der Waals surface area (Å²) in [6, 6.07) is 0. The standard InChI is InChI=1S/2C16H36N.C2H7O4P/c2*1-5-9-13-17(14-10-6-2,15-11-7-3)16-12-8-4;1-2-6-7(3,4)5/h2*5-16H2,1-4H3;2H2,1H3,(H2,3,4,5)/q2*+1;/p-2/i;;3+2,4+2,5+2. The maximum atomic E-state index is 9.48. The lowest BCUT2D eigenvalue weighted by Gasteiger charge is -2.39. The molecule has 0 rings (SSSR count). The number of nitrogens with zero attached hydrogens (tertiary/aromatic N) is 2. The van der Waals surface area contributed by atoms with Crippen molar-refractivity contribution in [2.75, 3.05) is 59.0 Å². The third-order valence-electron chi connectivity index (χ3n) is 8.18. The van der Waals surface area contributed by atoms with Crippen LogP contribution >= 0.6 is 7.82 Å². The maximum absolute atomic E-state index is 9.48. The zero-order valence-electron chi connectivity index (χ0n) is 29.7. The topological polar surface area (TPSA) is 72.4 Å². The molecule has 0 spiro atoms. The molecule has 0 aliphatic rings. The molecule has 0 heterocycles. The van der Waals surface area contributed by atoms with E-state index in [2.05, 4.69) is 59.9 Å². The van der Waals surface area contributed by atoms with Gasteiger partial charge in [0.2, 0.25) is 0 Å². The van der Waals surface area contributed by atoms with Crippen molar-refractivity contribution < 1.29 is 27.8 Å². The normalized spacial score (nSPS) is 12.0. The Morgan fingerprint density at radius 1 is 0.415 bits per heavy atom. The molecule has 0 aliphatic carbocycles. The number of phosphoric acid groups is 1. The molecule has 0 unspecified atom stereocenters. The first-order valence-electron chi connectivity index (χ1n) is 17.9.